The van der Waals surface area contributed by atoms with E-state index in [1.165, 1.54) is 5.56 Å². The molecule has 0 bridgehead atoms. The maximum Gasteiger partial charge on any atom is 0.0426 e. The highest BCUT2D eigenvalue weighted by Crippen LogP contribution is 2.26. The summed E-state index contributed by atoms with van der Waals surface area (Å²) in [5.74, 6) is 0. The van der Waals surface area contributed by atoms with Gasteiger partial charge >= 0.3 is 0 Å². The first-order chi connectivity index (χ1) is 10.5. The van der Waals surface area contributed by atoms with Crippen LogP contribution in [-0.2, 0) is 6.54 Å². The molecule has 0 spiro atoms. The van der Waals surface area contributed by atoms with Crippen LogP contribution in [0.25, 0.3) is 17.3 Å². The number of rotatable bonds is 6. The van der Waals surface area contributed by atoms with Crippen molar-refractivity contribution < 1.29 is 0 Å². The fourth-order valence-electron chi connectivity index (χ4n) is 2.44. The fourth-order valence-corrected chi connectivity index (χ4v) is 2.44. The molecule has 1 nitrogen and oxygen atoms in total. The van der Waals surface area contributed by atoms with Gasteiger partial charge in [0.15, 0.2) is 0 Å². The van der Waals surface area contributed by atoms with Crippen LogP contribution in [0.5, 0.6) is 0 Å². The van der Waals surface area contributed by atoms with Crippen LogP contribution in [0.2, 0.25) is 0 Å². The predicted octanol–water partition coefficient (Wildman–Crippen LogP) is 5.47. The van der Waals surface area contributed by atoms with Crippen molar-refractivity contribution in [2.75, 3.05) is 7.05 Å². The zero-order valence-electron chi connectivity index (χ0n) is 13.5. The van der Waals surface area contributed by atoms with Crippen molar-refractivity contribution in [3.63, 3.8) is 0 Å². The average molecular weight is 289 g/mol. The lowest BCUT2D eigenvalue weighted by Crippen LogP contribution is -2.16. The van der Waals surface area contributed by atoms with E-state index in [0.717, 1.165) is 34.5 Å². The third kappa shape index (κ3) is 3.56. The first kappa shape index (κ1) is 15.8. The van der Waals surface area contributed by atoms with Crippen LogP contribution in [0.1, 0.15) is 29.2 Å². The van der Waals surface area contributed by atoms with E-state index in [-0.39, 0.29) is 0 Å². The number of benzene rings is 2. The fraction of sp³-hybridized carbons (Fsp3) is 0.143. The smallest absolute Gasteiger partial charge is 0.0426 e. The molecule has 22 heavy (non-hydrogen) atoms. The molecule has 0 unspecified atom stereocenters. The largest absolute Gasteiger partial charge is 0.370 e. The quantitative estimate of drug-likeness (QED) is 0.682. The third-order valence-electron chi connectivity index (χ3n) is 3.79. The topological polar surface area (TPSA) is 3.24 Å². The van der Waals surface area contributed by atoms with Crippen molar-refractivity contribution in [2.45, 2.75) is 13.5 Å². The molecule has 0 atom stereocenters. The van der Waals surface area contributed by atoms with Gasteiger partial charge in [0, 0.05) is 24.9 Å². The Kier molecular flexibility index (Phi) is 5.00. The van der Waals surface area contributed by atoms with Crippen molar-refractivity contribution in [3.05, 3.63) is 90.5 Å². The summed E-state index contributed by atoms with van der Waals surface area (Å²) in [6.45, 7) is 15.0. The molecule has 1 heteroatoms. The second kappa shape index (κ2) is 6.95. The number of nitrogens with zero attached hydrogens (tertiary/aromatic N) is 1. The molecule has 112 valence electrons. The van der Waals surface area contributed by atoms with Gasteiger partial charge in [-0.25, -0.2) is 0 Å². The molecule has 0 saturated heterocycles. The van der Waals surface area contributed by atoms with Gasteiger partial charge in [0.1, 0.15) is 0 Å². The van der Waals surface area contributed by atoms with Crippen molar-refractivity contribution >= 4 is 17.3 Å². The Morgan fingerprint density at radius 1 is 1.00 bits per heavy atom. The Hall–Kier alpha value is -2.54. The predicted molar refractivity (Wildman–Crippen MR) is 98.2 cm³/mol. The van der Waals surface area contributed by atoms with Crippen molar-refractivity contribution in [1.82, 2.24) is 4.90 Å². The normalized spacial score (nSPS) is 10.1. The Labute approximate surface area is 133 Å². The zero-order chi connectivity index (χ0) is 16.1. The number of hydrogen-bond donors (Lipinski definition) is 0. The molecule has 0 aliphatic rings. The monoisotopic (exact) mass is 289 g/mol. The molecule has 0 aromatic heterocycles. The number of hydrogen-bond acceptors (Lipinski definition) is 1. The van der Waals surface area contributed by atoms with Crippen molar-refractivity contribution in [2.24, 2.45) is 0 Å². The third-order valence-corrected chi connectivity index (χ3v) is 3.79. The summed E-state index contributed by atoms with van der Waals surface area (Å²) in [6, 6.07) is 16.7. The summed E-state index contributed by atoms with van der Waals surface area (Å²) in [6.07, 6.45) is 1.86. The van der Waals surface area contributed by atoms with Gasteiger partial charge in [0.05, 0.1) is 0 Å². The molecule has 0 aliphatic carbocycles. The molecule has 2 aromatic rings. The Balaban J connectivity index is 2.18. The first-order valence-electron chi connectivity index (χ1n) is 7.39. The standard InChI is InChI=1S/C21H23N/c1-6-18-11-13-19(14-12-18)15-22(5)17(4)21-10-8-7-9-20(21)16(2)3/h6-14H,1-2,4,15H2,3,5H3. The summed E-state index contributed by atoms with van der Waals surface area (Å²) < 4.78 is 0. The molecule has 2 rings (SSSR count). The van der Waals surface area contributed by atoms with Gasteiger partial charge in [0.25, 0.3) is 0 Å². The van der Waals surface area contributed by atoms with E-state index in [1.807, 2.05) is 25.1 Å². The highest BCUT2D eigenvalue weighted by Gasteiger charge is 2.10. The summed E-state index contributed by atoms with van der Waals surface area (Å²) in [7, 11) is 2.07. The van der Waals surface area contributed by atoms with E-state index in [1.54, 1.807) is 0 Å². The highest BCUT2D eigenvalue weighted by molar-refractivity contribution is 5.76. The molecule has 0 saturated carbocycles. The van der Waals surface area contributed by atoms with Gasteiger partial charge < -0.3 is 4.90 Å². The van der Waals surface area contributed by atoms with E-state index < -0.39 is 0 Å². The molecule has 2 aromatic carbocycles. The van der Waals surface area contributed by atoms with Crippen LogP contribution in [0, 0.1) is 0 Å². The first-order valence-corrected chi connectivity index (χ1v) is 7.39. The van der Waals surface area contributed by atoms with E-state index in [4.69, 9.17) is 0 Å². The van der Waals surface area contributed by atoms with Gasteiger partial charge in [-0.1, -0.05) is 79.9 Å². The van der Waals surface area contributed by atoms with Crippen LogP contribution in [0.15, 0.2) is 68.3 Å². The molecule has 0 heterocycles. The lowest BCUT2D eigenvalue weighted by molar-refractivity contribution is 0.476. The SMILES string of the molecule is C=Cc1ccc(CN(C)C(=C)c2ccccc2C(=C)C)cc1. The molecular weight excluding hydrogens is 266 g/mol. The lowest BCUT2D eigenvalue weighted by Gasteiger charge is -2.24. The van der Waals surface area contributed by atoms with Crippen LogP contribution < -0.4 is 0 Å². The zero-order valence-corrected chi connectivity index (χ0v) is 13.5. The summed E-state index contributed by atoms with van der Waals surface area (Å²) in [4.78, 5) is 2.17. The lowest BCUT2D eigenvalue weighted by atomic mass is 9.99. The van der Waals surface area contributed by atoms with Gasteiger partial charge in [-0.05, 0) is 23.6 Å². The molecule has 0 radical (unpaired) electrons. The van der Waals surface area contributed by atoms with E-state index >= 15 is 0 Å². The maximum atomic E-state index is 4.27. The van der Waals surface area contributed by atoms with Crippen molar-refractivity contribution in [3.8, 4) is 0 Å². The Bertz CT molecular complexity index is 692. The van der Waals surface area contributed by atoms with Crippen LogP contribution in [0.4, 0.5) is 0 Å². The summed E-state index contributed by atoms with van der Waals surface area (Å²) in [5.41, 5.74) is 6.74. The second-order valence-corrected chi connectivity index (χ2v) is 5.57. The Morgan fingerprint density at radius 2 is 1.59 bits per heavy atom. The summed E-state index contributed by atoms with van der Waals surface area (Å²) >= 11 is 0. The van der Waals surface area contributed by atoms with Crippen molar-refractivity contribution in [1.29, 1.82) is 0 Å². The molecule has 0 N–H and O–H groups in total. The van der Waals surface area contributed by atoms with Gasteiger partial charge in [0.2, 0.25) is 0 Å². The van der Waals surface area contributed by atoms with Crippen LogP contribution in [-0.4, -0.2) is 11.9 Å². The minimum atomic E-state index is 0.820. The van der Waals surface area contributed by atoms with Gasteiger partial charge in [-0.15, -0.1) is 0 Å². The molecule has 0 amide bonds. The highest BCUT2D eigenvalue weighted by atomic mass is 15.1. The summed E-state index contributed by atoms with van der Waals surface area (Å²) in [5, 5.41) is 0. The molecular formula is C21H23N. The van der Waals surface area contributed by atoms with Gasteiger partial charge in [-0.3, -0.25) is 0 Å². The van der Waals surface area contributed by atoms with E-state index in [0.29, 0.717) is 0 Å². The minimum absolute atomic E-state index is 0.820. The molecule has 0 aliphatic heterocycles. The van der Waals surface area contributed by atoms with E-state index in [2.05, 4.69) is 68.1 Å². The average Bonchev–Trinajstić information content (AvgIpc) is 2.54. The Morgan fingerprint density at radius 3 is 2.14 bits per heavy atom. The van der Waals surface area contributed by atoms with Crippen LogP contribution in [0.3, 0.4) is 0 Å². The van der Waals surface area contributed by atoms with Gasteiger partial charge in [-0.2, -0.15) is 0 Å². The number of allylic oxidation sites excluding steroid dienone is 1. The maximum absolute atomic E-state index is 4.27. The molecule has 0 fully saturated rings. The van der Waals surface area contributed by atoms with E-state index in [9.17, 15) is 0 Å². The second-order valence-electron chi connectivity index (χ2n) is 5.57. The minimum Gasteiger partial charge on any atom is -0.370 e. The van der Waals surface area contributed by atoms with Crippen LogP contribution >= 0.6 is 0 Å².